The van der Waals surface area contributed by atoms with Crippen molar-refractivity contribution in [1.29, 1.82) is 0 Å². The minimum Gasteiger partial charge on any atom is -0.381 e. The molecule has 0 spiro atoms. The molecule has 0 radical (unpaired) electrons. The third-order valence-electron chi connectivity index (χ3n) is 3.15. The molecular weight excluding hydrogens is 282 g/mol. The van der Waals surface area contributed by atoms with E-state index in [2.05, 4.69) is 15.9 Å². The normalized spacial score (nSPS) is 16.8. The van der Waals surface area contributed by atoms with Crippen LogP contribution >= 0.6 is 15.9 Å². The van der Waals surface area contributed by atoms with E-state index < -0.39 is 0 Å². The molecule has 0 atom stereocenters. The molecule has 0 bridgehead atoms. The highest BCUT2D eigenvalue weighted by atomic mass is 79.9. The van der Waals surface area contributed by atoms with Crippen molar-refractivity contribution in [1.82, 2.24) is 4.90 Å². The van der Waals surface area contributed by atoms with Crippen LogP contribution in [0.25, 0.3) is 0 Å². The van der Waals surface area contributed by atoms with Gasteiger partial charge in [0, 0.05) is 36.3 Å². The third kappa shape index (κ3) is 3.07. The molecule has 2 rings (SSSR count). The van der Waals surface area contributed by atoms with Crippen LogP contribution in [0.1, 0.15) is 23.2 Å². The molecular formula is C13H16BrNO2. The summed E-state index contributed by atoms with van der Waals surface area (Å²) in [5.41, 5.74) is 0.738. The maximum atomic E-state index is 12.2. The highest BCUT2D eigenvalue weighted by molar-refractivity contribution is 9.10. The lowest BCUT2D eigenvalue weighted by molar-refractivity contribution is 0.0362. The van der Waals surface area contributed by atoms with E-state index in [1.807, 2.05) is 36.2 Å². The summed E-state index contributed by atoms with van der Waals surface area (Å²) in [6.07, 6.45) is 1.86. The molecule has 92 valence electrons. The van der Waals surface area contributed by atoms with Gasteiger partial charge in [-0.15, -0.1) is 0 Å². The molecule has 17 heavy (non-hydrogen) atoms. The van der Waals surface area contributed by atoms with Gasteiger partial charge in [-0.3, -0.25) is 4.79 Å². The number of nitrogens with zero attached hydrogens (tertiary/aromatic N) is 1. The molecule has 0 unspecified atom stereocenters. The Balaban J connectivity index is 2.05. The van der Waals surface area contributed by atoms with Gasteiger partial charge < -0.3 is 9.64 Å². The van der Waals surface area contributed by atoms with Crippen molar-refractivity contribution >= 4 is 21.8 Å². The van der Waals surface area contributed by atoms with Crippen LogP contribution in [0.5, 0.6) is 0 Å². The van der Waals surface area contributed by atoms with Gasteiger partial charge in [0.15, 0.2) is 0 Å². The Kier molecular flexibility index (Phi) is 4.18. The Morgan fingerprint density at radius 1 is 1.29 bits per heavy atom. The average Bonchev–Trinajstić information content (AvgIpc) is 2.39. The highest BCUT2D eigenvalue weighted by Gasteiger charge is 2.23. The highest BCUT2D eigenvalue weighted by Crippen LogP contribution is 2.17. The largest absolute Gasteiger partial charge is 0.381 e. The molecule has 4 heteroatoms. The van der Waals surface area contributed by atoms with Crippen molar-refractivity contribution in [2.75, 3.05) is 20.3 Å². The Labute approximate surface area is 110 Å². The second-order valence-corrected chi connectivity index (χ2v) is 5.18. The Bertz CT molecular complexity index is 385. The molecule has 1 aliphatic rings. The van der Waals surface area contributed by atoms with Crippen LogP contribution < -0.4 is 0 Å². The maximum Gasteiger partial charge on any atom is 0.253 e. The summed E-state index contributed by atoms with van der Waals surface area (Å²) in [5.74, 6) is 0.0874. The number of carbonyl (C=O) groups is 1. The van der Waals surface area contributed by atoms with Crippen LogP contribution in [0.4, 0.5) is 0 Å². The van der Waals surface area contributed by atoms with Crippen molar-refractivity contribution in [2.24, 2.45) is 0 Å². The molecule has 1 fully saturated rings. The van der Waals surface area contributed by atoms with Crippen molar-refractivity contribution in [3.05, 3.63) is 34.3 Å². The molecule has 0 saturated carbocycles. The zero-order valence-electron chi connectivity index (χ0n) is 9.86. The lowest BCUT2D eigenvalue weighted by atomic mass is 10.1. The molecule has 3 nitrogen and oxygen atoms in total. The van der Waals surface area contributed by atoms with Gasteiger partial charge in [-0.25, -0.2) is 0 Å². The molecule has 1 aromatic carbocycles. The SMILES string of the molecule is CN(C(=O)c1ccc(Br)cc1)C1CCOCC1. The summed E-state index contributed by atoms with van der Waals surface area (Å²) in [5, 5.41) is 0. The summed E-state index contributed by atoms with van der Waals surface area (Å²) in [6.45, 7) is 1.51. The van der Waals surface area contributed by atoms with Crippen LogP contribution in [-0.4, -0.2) is 37.1 Å². The smallest absolute Gasteiger partial charge is 0.253 e. The topological polar surface area (TPSA) is 29.5 Å². The Morgan fingerprint density at radius 3 is 2.47 bits per heavy atom. The number of hydrogen-bond acceptors (Lipinski definition) is 2. The zero-order valence-corrected chi connectivity index (χ0v) is 11.4. The fraction of sp³-hybridized carbons (Fsp3) is 0.462. The van der Waals surface area contributed by atoms with E-state index in [4.69, 9.17) is 4.74 Å². The van der Waals surface area contributed by atoms with Gasteiger partial charge in [0.2, 0.25) is 0 Å². The summed E-state index contributed by atoms with van der Waals surface area (Å²) < 4.78 is 6.30. The molecule has 0 aromatic heterocycles. The number of amides is 1. The summed E-state index contributed by atoms with van der Waals surface area (Å²) >= 11 is 3.37. The second kappa shape index (κ2) is 5.65. The number of carbonyl (C=O) groups excluding carboxylic acids is 1. The number of benzene rings is 1. The van der Waals surface area contributed by atoms with Crippen LogP contribution in [0.2, 0.25) is 0 Å². The van der Waals surface area contributed by atoms with E-state index in [0.717, 1.165) is 36.1 Å². The molecule has 0 aliphatic carbocycles. The minimum absolute atomic E-state index is 0.0874. The van der Waals surface area contributed by atoms with E-state index in [-0.39, 0.29) is 5.91 Å². The predicted octanol–water partition coefficient (Wildman–Crippen LogP) is 2.70. The molecule has 0 N–H and O–H groups in total. The van der Waals surface area contributed by atoms with Gasteiger partial charge in [0.05, 0.1) is 0 Å². The monoisotopic (exact) mass is 297 g/mol. The minimum atomic E-state index is 0.0874. The van der Waals surface area contributed by atoms with Crippen LogP contribution in [0.15, 0.2) is 28.7 Å². The van der Waals surface area contributed by atoms with Gasteiger partial charge in [-0.1, -0.05) is 15.9 Å². The van der Waals surface area contributed by atoms with E-state index in [9.17, 15) is 4.79 Å². The van der Waals surface area contributed by atoms with Gasteiger partial charge in [-0.05, 0) is 37.1 Å². The van der Waals surface area contributed by atoms with Crippen LogP contribution in [0, 0.1) is 0 Å². The first-order valence-corrected chi connectivity index (χ1v) is 6.58. The Morgan fingerprint density at radius 2 is 1.88 bits per heavy atom. The fourth-order valence-corrected chi connectivity index (χ4v) is 2.30. The number of hydrogen-bond donors (Lipinski definition) is 0. The first kappa shape index (κ1) is 12.6. The van der Waals surface area contributed by atoms with E-state index in [1.54, 1.807) is 0 Å². The van der Waals surface area contributed by atoms with Crippen LogP contribution in [0.3, 0.4) is 0 Å². The molecule has 1 heterocycles. The average molecular weight is 298 g/mol. The van der Waals surface area contributed by atoms with Crippen molar-refractivity contribution in [2.45, 2.75) is 18.9 Å². The first-order chi connectivity index (χ1) is 8.18. The zero-order chi connectivity index (χ0) is 12.3. The number of ether oxygens (including phenoxy) is 1. The van der Waals surface area contributed by atoms with Gasteiger partial charge >= 0.3 is 0 Å². The van der Waals surface area contributed by atoms with Crippen molar-refractivity contribution in [3.63, 3.8) is 0 Å². The van der Waals surface area contributed by atoms with E-state index in [1.165, 1.54) is 0 Å². The molecule has 1 aromatic rings. The quantitative estimate of drug-likeness (QED) is 0.840. The maximum absolute atomic E-state index is 12.2. The first-order valence-electron chi connectivity index (χ1n) is 5.79. The fourth-order valence-electron chi connectivity index (χ4n) is 2.03. The van der Waals surface area contributed by atoms with Gasteiger partial charge in [-0.2, -0.15) is 0 Å². The number of halogens is 1. The third-order valence-corrected chi connectivity index (χ3v) is 3.68. The lowest BCUT2D eigenvalue weighted by Gasteiger charge is -2.31. The summed E-state index contributed by atoms with van der Waals surface area (Å²) in [7, 11) is 1.88. The molecule has 1 saturated heterocycles. The summed E-state index contributed by atoms with van der Waals surface area (Å²) in [6, 6.07) is 7.79. The molecule has 1 amide bonds. The van der Waals surface area contributed by atoms with Gasteiger partial charge in [0.1, 0.15) is 0 Å². The van der Waals surface area contributed by atoms with Crippen molar-refractivity contribution < 1.29 is 9.53 Å². The van der Waals surface area contributed by atoms with E-state index >= 15 is 0 Å². The van der Waals surface area contributed by atoms with Crippen LogP contribution in [-0.2, 0) is 4.74 Å². The van der Waals surface area contributed by atoms with Gasteiger partial charge in [0.25, 0.3) is 5.91 Å². The molecule has 1 aliphatic heterocycles. The second-order valence-electron chi connectivity index (χ2n) is 4.27. The number of rotatable bonds is 2. The van der Waals surface area contributed by atoms with E-state index in [0.29, 0.717) is 6.04 Å². The lowest BCUT2D eigenvalue weighted by Crippen LogP contribution is -2.40. The Hall–Kier alpha value is -0.870. The summed E-state index contributed by atoms with van der Waals surface area (Å²) in [4.78, 5) is 14.1. The predicted molar refractivity (Wildman–Crippen MR) is 70.1 cm³/mol. The standard InChI is InChI=1S/C13H16BrNO2/c1-15(12-6-8-17-9-7-12)13(16)10-2-4-11(14)5-3-10/h2-5,12H,6-9H2,1H3. The van der Waals surface area contributed by atoms with Crippen molar-refractivity contribution in [3.8, 4) is 0 Å².